The van der Waals surface area contributed by atoms with Crippen LogP contribution in [0.2, 0.25) is 0 Å². The molecule has 0 saturated carbocycles. The highest BCUT2D eigenvalue weighted by molar-refractivity contribution is 9.11. The maximum absolute atomic E-state index is 9.60. The summed E-state index contributed by atoms with van der Waals surface area (Å²) in [5, 5.41) is 19.2. The summed E-state index contributed by atoms with van der Waals surface area (Å²) in [4.78, 5) is 0. The molecule has 3 rings (SSSR count). The van der Waals surface area contributed by atoms with Gasteiger partial charge in [-0.1, -0.05) is 31.9 Å². The lowest BCUT2D eigenvalue weighted by molar-refractivity contribution is 0.138. The predicted octanol–water partition coefficient (Wildman–Crippen LogP) is 2.39. The van der Waals surface area contributed by atoms with Crippen molar-refractivity contribution in [2.75, 3.05) is 0 Å². The minimum absolute atomic E-state index is 0.367. The molecule has 2 atom stereocenters. The van der Waals surface area contributed by atoms with Gasteiger partial charge in [0.2, 0.25) is 0 Å². The van der Waals surface area contributed by atoms with Gasteiger partial charge in [-0.15, -0.1) is 0 Å². The van der Waals surface area contributed by atoms with Crippen LogP contribution < -0.4 is 0 Å². The van der Waals surface area contributed by atoms with E-state index in [2.05, 4.69) is 31.9 Å². The third kappa shape index (κ3) is 0.927. The second-order valence-corrected chi connectivity index (χ2v) is 5.44. The fraction of sp³-hybridized carbons (Fsp3) is 0.400. The van der Waals surface area contributed by atoms with Gasteiger partial charge in [0.05, 0.1) is 12.2 Å². The van der Waals surface area contributed by atoms with E-state index >= 15 is 0 Å². The van der Waals surface area contributed by atoms with Gasteiger partial charge in [0.1, 0.15) is 0 Å². The summed E-state index contributed by atoms with van der Waals surface area (Å²) in [7, 11) is 0. The average Bonchev–Trinajstić information content (AvgIpc) is 2.06. The molecule has 2 N–H and O–H groups in total. The first-order chi connectivity index (χ1) is 6.61. The molecule has 0 aromatic heterocycles. The van der Waals surface area contributed by atoms with Crippen LogP contribution in [0.4, 0.5) is 0 Å². The zero-order valence-electron chi connectivity index (χ0n) is 7.22. The molecule has 2 aliphatic rings. The highest BCUT2D eigenvalue weighted by Gasteiger charge is 2.39. The third-order valence-corrected chi connectivity index (χ3v) is 4.93. The molecule has 1 aromatic rings. The van der Waals surface area contributed by atoms with E-state index in [-0.39, 0.29) is 12.2 Å². The van der Waals surface area contributed by atoms with Crippen molar-refractivity contribution in [1.82, 2.24) is 0 Å². The Labute approximate surface area is 98.2 Å². The van der Waals surface area contributed by atoms with Crippen molar-refractivity contribution >= 4 is 31.9 Å². The Bertz CT molecular complexity index is 405. The smallest absolute Gasteiger partial charge is 0.0844 e. The molecule has 14 heavy (non-hydrogen) atoms. The van der Waals surface area contributed by atoms with Gasteiger partial charge >= 0.3 is 0 Å². The summed E-state index contributed by atoms with van der Waals surface area (Å²) in [6.07, 6.45) is 0.707. The van der Waals surface area contributed by atoms with Gasteiger partial charge in [0, 0.05) is 21.8 Å². The van der Waals surface area contributed by atoms with Crippen LogP contribution in [0, 0.1) is 0 Å². The van der Waals surface area contributed by atoms with Crippen LogP contribution in [-0.2, 0) is 12.8 Å². The van der Waals surface area contributed by atoms with E-state index in [9.17, 15) is 10.2 Å². The Morgan fingerprint density at radius 3 is 1.64 bits per heavy atom. The number of hydrogen-bond acceptors (Lipinski definition) is 2. The fourth-order valence-corrected chi connectivity index (χ4v) is 4.01. The SMILES string of the molecule is O[C@@H]1Cc2c(Br)c3c(c(Br)c21)[C@H](O)C3. The molecule has 0 heterocycles. The standard InChI is InChI=1S/C10H8Br2O2/c11-9-3-1-5(13)7(3)10(12)8-4(9)2-6(8)14/h5-6,13-14H,1-2H2/t5-,6-/m1/s1. The topological polar surface area (TPSA) is 40.5 Å². The second kappa shape index (κ2) is 2.82. The number of benzene rings is 1. The van der Waals surface area contributed by atoms with E-state index in [0.29, 0.717) is 0 Å². The van der Waals surface area contributed by atoms with Crippen LogP contribution in [0.1, 0.15) is 34.5 Å². The van der Waals surface area contributed by atoms with Gasteiger partial charge in [-0.05, 0) is 22.3 Å². The van der Waals surface area contributed by atoms with E-state index in [1.54, 1.807) is 0 Å². The first-order valence-corrected chi connectivity index (χ1v) is 6.08. The van der Waals surface area contributed by atoms with Crippen LogP contribution in [0.3, 0.4) is 0 Å². The lowest BCUT2D eigenvalue weighted by Crippen LogP contribution is -2.27. The molecule has 0 bridgehead atoms. The van der Waals surface area contributed by atoms with Crippen molar-refractivity contribution < 1.29 is 10.2 Å². The zero-order chi connectivity index (χ0) is 10.0. The molecule has 0 fully saturated rings. The summed E-state index contributed by atoms with van der Waals surface area (Å²) < 4.78 is 1.99. The highest BCUT2D eigenvalue weighted by Crippen LogP contribution is 2.52. The van der Waals surface area contributed by atoms with Crippen molar-refractivity contribution in [3.8, 4) is 0 Å². The van der Waals surface area contributed by atoms with Crippen LogP contribution in [0.25, 0.3) is 0 Å². The Morgan fingerprint density at radius 1 is 0.857 bits per heavy atom. The Kier molecular flexibility index (Phi) is 1.88. The molecule has 0 unspecified atom stereocenters. The number of aliphatic hydroxyl groups excluding tert-OH is 2. The normalized spacial score (nSPS) is 27.4. The molecule has 0 amide bonds. The number of hydrogen-bond donors (Lipinski definition) is 2. The molecule has 0 saturated heterocycles. The summed E-state index contributed by atoms with van der Waals surface area (Å²) >= 11 is 6.99. The lowest BCUT2D eigenvalue weighted by Gasteiger charge is -2.37. The minimum Gasteiger partial charge on any atom is -0.388 e. The maximum atomic E-state index is 9.60. The van der Waals surface area contributed by atoms with Crippen molar-refractivity contribution in [3.05, 3.63) is 31.2 Å². The van der Waals surface area contributed by atoms with Gasteiger partial charge in [-0.2, -0.15) is 0 Å². The molecule has 74 valence electrons. The third-order valence-electron chi connectivity index (χ3n) is 3.11. The van der Waals surface area contributed by atoms with Gasteiger partial charge in [-0.3, -0.25) is 0 Å². The Hall–Kier alpha value is 0.1000. The summed E-state index contributed by atoms with van der Waals surface area (Å²) in [5.41, 5.74) is 4.29. The van der Waals surface area contributed by atoms with E-state index < -0.39 is 0 Å². The lowest BCUT2D eigenvalue weighted by atomic mass is 9.75. The van der Waals surface area contributed by atoms with Crippen LogP contribution in [0.15, 0.2) is 8.95 Å². The minimum atomic E-state index is -0.367. The van der Waals surface area contributed by atoms with Gasteiger partial charge in [-0.25, -0.2) is 0 Å². The second-order valence-electron chi connectivity index (χ2n) is 3.85. The molecule has 1 aromatic carbocycles. The van der Waals surface area contributed by atoms with Crippen molar-refractivity contribution in [2.45, 2.75) is 25.0 Å². The van der Waals surface area contributed by atoms with E-state index in [4.69, 9.17) is 0 Å². The number of halogens is 2. The van der Waals surface area contributed by atoms with E-state index in [1.165, 1.54) is 11.1 Å². The highest BCUT2D eigenvalue weighted by atomic mass is 79.9. The molecule has 0 aliphatic heterocycles. The van der Waals surface area contributed by atoms with Crippen molar-refractivity contribution in [3.63, 3.8) is 0 Å². The molecule has 0 radical (unpaired) electrons. The molecule has 2 aliphatic carbocycles. The largest absolute Gasteiger partial charge is 0.388 e. The van der Waals surface area contributed by atoms with Crippen LogP contribution in [-0.4, -0.2) is 10.2 Å². The Morgan fingerprint density at radius 2 is 1.29 bits per heavy atom. The Balaban J connectivity index is 2.31. The van der Waals surface area contributed by atoms with Gasteiger partial charge < -0.3 is 10.2 Å². The quantitative estimate of drug-likeness (QED) is 0.771. The van der Waals surface area contributed by atoms with Crippen LogP contribution >= 0.6 is 31.9 Å². The van der Waals surface area contributed by atoms with Crippen molar-refractivity contribution in [1.29, 1.82) is 0 Å². The number of fused-ring (bicyclic) bond motifs is 2. The summed E-state index contributed by atoms with van der Waals surface area (Å²) in [6.45, 7) is 0. The van der Waals surface area contributed by atoms with Gasteiger partial charge in [0.25, 0.3) is 0 Å². The van der Waals surface area contributed by atoms with E-state index in [1.807, 2.05) is 0 Å². The monoisotopic (exact) mass is 318 g/mol. The molecule has 0 spiro atoms. The first kappa shape index (κ1) is 9.33. The van der Waals surface area contributed by atoms with Crippen LogP contribution in [0.5, 0.6) is 0 Å². The van der Waals surface area contributed by atoms with Crippen molar-refractivity contribution in [2.24, 2.45) is 0 Å². The molecular weight excluding hydrogens is 312 g/mol. The zero-order valence-corrected chi connectivity index (χ0v) is 10.4. The predicted molar refractivity (Wildman–Crippen MR) is 59.2 cm³/mol. The molecular formula is C10H8Br2O2. The summed E-state index contributed by atoms with van der Waals surface area (Å²) in [6, 6.07) is 0. The fourth-order valence-electron chi connectivity index (χ4n) is 2.25. The first-order valence-electron chi connectivity index (χ1n) is 4.50. The molecule has 4 heteroatoms. The van der Waals surface area contributed by atoms with Gasteiger partial charge in [0.15, 0.2) is 0 Å². The molecule has 2 nitrogen and oxygen atoms in total. The maximum Gasteiger partial charge on any atom is 0.0844 e. The van der Waals surface area contributed by atoms with E-state index in [0.717, 1.165) is 32.9 Å². The number of aliphatic hydroxyl groups is 2. The average molecular weight is 320 g/mol. The number of rotatable bonds is 0. The summed E-state index contributed by atoms with van der Waals surface area (Å²) in [5.74, 6) is 0.